The fraction of sp³-hybridized carbons (Fsp3) is 0.800. The van der Waals surface area contributed by atoms with Gasteiger partial charge in [0.25, 0.3) is 0 Å². The SMILES string of the molecule is CC(=O)[C@@H]1CCCN1C(=O)[C@H](C)NC(=O)OC1CCCC1. The molecule has 1 aliphatic carbocycles. The molecule has 0 spiro atoms. The van der Waals surface area contributed by atoms with Crippen LogP contribution in [0, 0.1) is 0 Å². The summed E-state index contributed by atoms with van der Waals surface area (Å²) in [7, 11) is 0. The smallest absolute Gasteiger partial charge is 0.408 e. The van der Waals surface area contributed by atoms with Crippen molar-refractivity contribution in [1.29, 1.82) is 0 Å². The van der Waals surface area contributed by atoms with Crippen LogP contribution >= 0.6 is 0 Å². The number of nitrogens with zero attached hydrogens (tertiary/aromatic N) is 1. The third-order valence-electron chi connectivity index (χ3n) is 4.29. The van der Waals surface area contributed by atoms with Crippen molar-refractivity contribution in [2.24, 2.45) is 0 Å². The summed E-state index contributed by atoms with van der Waals surface area (Å²) >= 11 is 0. The molecule has 2 amide bonds. The van der Waals surface area contributed by atoms with Crippen LogP contribution in [0.4, 0.5) is 4.79 Å². The Bertz CT molecular complexity index is 418. The Balaban J connectivity index is 1.84. The van der Waals surface area contributed by atoms with Crippen molar-refractivity contribution in [3.63, 3.8) is 0 Å². The number of likely N-dealkylation sites (tertiary alicyclic amines) is 1. The van der Waals surface area contributed by atoms with Gasteiger partial charge in [0.15, 0.2) is 5.78 Å². The Kier molecular flexibility index (Phi) is 5.20. The molecule has 6 nitrogen and oxygen atoms in total. The molecule has 1 saturated carbocycles. The maximum absolute atomic E-state index is 12.3. The predicted octanol–water partition coefficient (Wildman–Crippen LogP) is 1.62. The molecule has 1 N–H and O–H groups in total. The molecule has 0 aromatic heterocycles. The molecule has 0 aromatic rings. The minimum absolute atomic E-state index is 0.00146. The van der Waals surface area contributed by atoms with Gasteiger partial charge in [-0.3, -0.25) is 9.59 Å². The number of ketones is 1. The van der Waals surface area contributed by atoms with Crippen molar-refractivity contribution in [1.82, 2.24) is 10.2 Å². The molecule has 0 aromatic carbocycles. The highest BCUT2D eigenvalue weighted by Gasteiger charge is 2.34. The van der Waals surface area contributed by atoms with Gasteiger partial charge in [0.2, 0.25) is 5.91 Å². The Morgan fingerprint density at radius 1 is 1.14 bits per heavy atom. The number of Topliss-reactive ketones (excluding diaryl/α,β-unsaturated/α-hetero) is 1. The van der Waals surface area contributed by atoms with Gasteiger partial charge in [0.05, 0.1) is 6.04 Å². The molecule has 21 heavy (non-hydrogen) atoms. The molecule has 118 valence electrons. The summed E-state index contributed by atoms with van der Waals surface area (Å²) in [6, 6.07) is -1.01. The normalized spacial score (nSPS) is 23.9. The quantitative estimate of drug-likeness (QED) is 0.855. The van der Waals surface area contributed by atoms with Crippen LogP contribution in [-0.2, 0) is 14.3 Å². The summed E-state index contributed by atoms with van der Waals surface area (Å²) in [5.74, 6) is -0.211. The molecule has 1 aliphatic heterocycles. The summed E-state index contributed by atoms with van der Waals surface area (Å²) in [6.07, 6.45) is 4.93. The first-order valence-electron chi connectivity index (χ1n) is 7.77. The number of carbonyl (C=O) groups excluding carboxylic acids is 3. The first-order chi connectivity index (χ1) is 9.99. The zero-order valence-electron chi connectivity index (χ0n) is 12.8. The summed E-state index contributed by atoms with van der Waals surface area (Å²) < 4.78 is 5.28. The lowest BCUT2D eigenvalue weighted by Crippen LogP contribution is -2.50. The van der Waals surface area contributed by atoms with E-state index in [4.69, 9.17) is 4.74 Å². The second kappa shape index (κ2) is 6.91. The lowest BCUT2D eigenvalue weighted by Gasteiger charge is -2.26. The van der Waals surface area contributed by atoms with Crippen molar-refractivity contribution >= 4 is 17.8 Å². The second-order valence-electron chi connectivity index (χ2n) is 5.98. The Morgan fingerprint density at radius 3 is 2.43 bits per heavy atom. The summed E-state index contributed by atoms with van der Waals surface area (Å²) in [5.41, 5.74) is 0. The minimum atomic E-state index is -0.668. The lowest BCUT2D eigenvalue weighted by atomic mass is 10.1. The first kappa shape index (κ1) is 15.8. The van der Waals surface area contributed by atoms with Gasteiger partial charge in [-0.1, -0.05) is 0 Å². The molecule has 2 rings (SSSR count). The van der Waals surface area contributed by atoms with E-state index in [-0.39, 0.29) is 23.8 Å². The van der Waals surface area contributed by atoms with Gasteiger partial charge in [-0.25, -0.2) is 4.79 Å². The van der Waals surface area contributed by atoms with Crippen molar-refractivity contribution in [3.8, 4) is 0 Å². The number of rotatable bonds is 4. The van der Waals surface area contributed by atoms with Crippen LogP contribution in [0.25, 0.3) is 0 Å². The van der Waals surface area contributed by atoms with E-state index in [2.05, 4.69) is 5.32 Å². The maximum atomic E-state index is 12.3. The lowest BCUT2D eigenvalue weighted by molar-refractivity contribution is -0.138. The van der Waals surface area contributed by atoms with E-state index in [0.717, 1.165) is 32.1 Å². The molecule has 1 heterocycles. The number of carbonyl (C=O) groups is 3. The van der Waals surface area contributed by atoms with Crippen molar-refractivity contribution in [2.45, 2.75) is 70.6 Å². The van der Waals surface area contributed by atoms with Gasteiger partial charge in [-0.2, -0.15) is 0 Å². The van der Waals surface area contributed by atoms with E-state index < -0.39 is 12.1 Å². The third kappa shape index (κ3) is 3.95. The molecule has 2 atom stereocenters. The summed E-state index contributed by atoms with van der Waals surface area (Å²) in [5, 5.41) is 2.58. The van der Waals surface area contributed by atoms with Gasteiger partial charge in [0, 0.05) is 6.54 Å². The molecule has 0 unspecified atom stereocenters. The molecule has 2 fully saturated rings. The van der Waals surface area contributed by atoms with Gasteiger partial charge < -0.3 is 15.0 Å². The highest BCUT2D eigenvalue weighted by atomic mass is 16.6. The van der Waals surface area contributed by atoms with E-state index in [1.807, 2.05) is 0 Å². The average Bonchev–Trinajstić information content (AvgIpc) is 3.07. The number of ether oxygens (including phenoxy) is 1. The van der Waals surface area contributed by atoms with Gasteiger partial charge in [0.1, 0.15) is 12.1 Å². The van der Waals surface area contributed by atoms with E-state index >= 15 is 0 Å². The molecule has 0 radical (unpaired) electrons. The largest absolute Gasteiger partial charge is 0.446 e. The van der Waals surface area contributed by atoms with Gasteiger partial charge in [-0.15, -0.1) is 0 Å². The van der Waals surface area contributed by atoms with Crippen LogP contribution in [0.1, 0.15) is 52.4 Å². The van der Waals surface area contributed by atoms with Crippen LogP contribution in [0.2, 0.25) is 0 Å². The summed E-state index contributed by atoms with van der Waals surface area (Å²) in [6.45, 7) is 3.71. The number of hydrogen-bond donors (Lipinski definition) is 1. The Labute approximate surface area is 125 Å². The summed E-state index contributed by atoms with van der Waals surface area (Å²) in [4.78, 5) is 37.2. The zero-order chi connectivity index (χ0) is 15.4. The van der Waals surface area contributed by atoms with E-state index in [1.165, 1.54) is 6.92 Å². The Morgan fingerprint density at radius 2 is 1.81 bits per heavy atom. The Hall–Kier alpha value is -1.59. The number of alkyl carbamates (subject to hydrolysis) is 1. The van der Waals surface area contributed by atoms with Crippen molar-refractivity contribution in [2.75, 3.05) is 6.54 Å². The molecule has 6 heteroatoms. The number of nitrogens with one attached hydrogen (secondary N) is 1. The fourth-order valence-corrected chi connectivity index (χ4v) is 3.13. The van der Waals surface area contributed by atoms with Gasteiger partial charge in [-0.05, 0) is 52.4 Å². The maximum Gasteiger partial charge on any atom is 0.408 e. The highest BCUT2D eigenvalue weighted by Crippen LogP contribution is 2.21. The predicted molar refractivity (Wildman–Crippen MR) is 76.8 cm³/mol. The van der Waals surface area contributed by atoms with Crippen molar-refractivity contribution < 1.29 is 19.1 Å². The first-order valence-corrected chi connectivity index (χ1v) is 7.77. The van der Waals surface area contributed by atoms with Crippen molar-refractivity contribution in [3.05, 3.63) is 0 Å². The van der Waals surface area contributed by atoms with E-state index in [0.29, 0.717) is 13.0 Å². The highest BCUT2D eigenvalue weighted by molar-refractivity contribution is 5.91. The molecule has 2 aliphatic rings. The number of hydrogen-bond acceptors (Lipinski definition) is 4. The second-order valence-corrected chi connectivity index (χ2v) is 5.98. The molecular weight excluding hydrogens is 272 g/mol. The van der Waals surface area contributed by atoms with E-state index in [1.54, 1.807) is 11.8 Å². The average molecular weight is 296 g/mol. The fourth-order valence-electron chi connectivity index (χ4n) is 3.13. The van der Waals surface area contributed by atoms with Crippen LogP contribution in [0.15, 0.2) is 0 Å². The van der Waals surface area contributed by atoms with Crippen LogP contribution < -0.4 is 5.32 Å². The monoisotopic (exact) mass is 296 g/mol. The molecule has 0 bridgehead atoms. The van der Waals surface area contributed by atoms with E-state index in [9.17, 15) is 14.4 Å². The van der Waals surface area contributed by atoms with Crippen LogP contribution in [-0.4, -0.2) is 47.4 Å². The van der Waals surface area contributed by atoms with Crippen LogP contribution in [0.5, 0.6) is 0 Å². The zero-order valence-corrected chi connectivity index (χ0v) is 12.8. The molecular formula is C15H24N2O4. The minimum Gasteiger partial charge on any atom is -0.446 e. The van der Waals surface area contributed by atoms with Crippen LogP contribution in [0.3, 0.4) is 0 Å². The standard InChI is InChI=1S/C15H24N2O4/c1-10(16-15(20)21-12-6-3-4-7-12)14(19)17-9-5-8-13(17)11(2)18/h10,12-13H,3-9H2,1-2H3,(H,16,20)/t10-,13-/m0/s1. The number of amides is 2. The third-order valence-corrected chi connectivity index (χ3v) is 4.29. The molecule has 1 saturated heterocycles. The topological polar surface area (TPSA) is 75.7 Å². The van der Waals surface area contributed by atoms with Gasteiger partial charge >= 0.3 is 6.09 Å².